The lowest BCUT2D eigenvalue weighted by atomic mass is 9.52. The monoisotopic (exact) mass is 218 g/mol. The van der Waals surface area contributed by atoms with Gasteiger partial charge in [0.2, 0.25) is 0 Å². The smallest absolute Gasteiger partial charge is 0.0466 e. The minimum Gasteiger partial charge on any atom is -0.325 e. The van der Waals surface area contributed by atoms with E-state index in [-0.39, 0.29) is 0 Å². The van der Waals surface area contributed by atoms with Crippen molar-refractivity contribution in [2.75, 3.05) is 0 Å². The summed E-state index contributed by atoms with van der Waals surface area (Å²) in [5.41, 5.74) is 4.03. The summed E-state index contributed by atoms with van der Waals surface area (Å²) >= 11 is 0. The highest BCUT2D eigenvalue weighted by Crippen LogP contribution is 2.58. The fraction of sp³-hybridized carbons (Fsp3) is 0.857. The molecule has 0 aromatic carbocycles. The van der Waals surface area contributed by atoms with Crippen LogP contribution in [-0.4, -0.2) is 16.6 Å². The largest absolute Gasteiger partial charge is 0.325 e. The molecule has 2 nitrogen and oxygen atoms in total. The molecule has 4 bridgehead atoms. The predicted molar refractivity (Wildman–Crippen MR) is 64.5 cm³/mol. The molecule has 2 heteroatoms. The van der Waals surface area contributed by atoms with Crippen molar-refractivity contribution in [3.8, 4) is 0 Å². The molecule has 0 spiro atoms. The Morgan fingerprint density at radius 3 is 2.06 bits per heavy atom. The van der Waals surface area contributed by atoms with Crippen molar-refractivity contribution in [1.82, 2.24) is 10.4 Å². The zero-order valence-corrected chi connectivity index (χ0v) is 10.2. The lowest BCUT2D eigenvalue weighted by Crippen LogP contribution is -2.63. The van der Waals surface area contributed by atoms with Gasteiger partial charge in [-0.2, -0.15) is 0 Å². The van der Waals surface area contributed by atoms with Gasteiger partial charge in [0, 0.05) is 17.8 Å². The van der Waals surface area contributed by atoms with Crippen LogP contribution in [0.1, 0.15) is 45.4 Å². The van der Waals surface area contributed by atoms with E-state index < -0.39 is 0 Å². The number of rotatable bonds is 1. The Bertz CT molecular complexity index is 298. The Labute approximate surface area is 98.1 Å². The van der Waals surface area contributed by atoms with E-state index in [0.717, 1.165) is 17.8 Å². The molecule has 1 unspecified atom stereocenters. The van der Waals surface area contributed by atoms with Crippen molar-refractivity contribution in [1.29, 1.82) is 0 Å². The Morgan fingerprint density at radius 1 is 1.06 bits per heavy atom. The number of hydrazine groups is 1. The van der Waals surface area contributed by atoms with Crippen molar-refractivity contribution < 1.29 is 0 Å². The van der Waals surface area contributed by atoms with Crippen molar-refractivity contribution >= 4 is 0 Å². The van der Waals surface area contributed by atoms with Gasteiger partial charge in [-0.1, -0.05) is 0 Å². The lowest BCUT2D eigenvalue weighted by molar-refractivity contribution is -0.107. The quantitative estimate of drug-likeness (QED) is 0.728. The highest BCUT2D eigenvalue weighted by Gasteiger charge is 2.54. The van der Waals surface area contributed by atoms with Crippen LogP contribution >= 0.6 is 0 Å². The number of hydrogen-bond acceptors (Lipinski definition) is 2. The number of nitrogens with zero attached hydrogens (tertiary/aromatic N) is 1. The summed E-state index contributed by atoms with van der Waals surface area (Å²) < 4.78 is 0. The average molecular weight is 218 g/mol. The first-order valence-corrected chi connectivity index (χ1v) is 6.97. The van der Waals surface area contributed by atoms with Crippen molar-refractivity contribution in [2.24, 2.45) is 17.8 Å². The molecule has 1 heterocycles. The van der Waals surface area contributed by atoms with Crippen LogP contribution in [0.3, 0.4) is 0 Å². The Hall–Kier alpha value is -0.500. The summed E-state index contributed by atoms with van der Waals surface area (Å²) in [6.45, 7) is 2.33. The molecular formula is C14H22N2. The molecule has 0 aromatic heterocycles. The van der Waals surface area contributed by atoms with Crippen LogP contribution in [0.4, 0.5) is 0 Å². The van der Waals surface area contributed by atoms with Gasteiger partial charge >= 0.3 is 0 Å². The molecular weight excluding hydrogens is 196 g/mol. The van der Waals surface area contributed by atoms with Gasteiger partial charge in [0.1, 0.15) is 0 Å². The molecule has 88 valence electrons. The maximum absolute atomic E-state index is 3.52. The van der Waals surface area contributed by atoms with Crippen LogP contribution < -0.4 is 5.43 Å². The summed E-state index contributed by atoms with van der Waals surface area (Å²) in [5, 5.41) is 2.58. The first-order valence-electron chi connectivity index (χ1n) is 6.97. The topological polar surface area (TPSA) is 15.3 Å². The maximum Gasteiger partial charge on any atom is 0.0466 e. The minimum atomic E-state index is 0.512. The summed E-state index contributed by atoms with van der Waals surface area (Å²) in [5.74, 6) is 3.13. The second-order valence-corrected chi connectivity index (χ2v) is 6.74. The fourth-order valence-corrected chi connectivity index (χ4v) is 5.40. The van der Waals surface area contributed by atoms with Crippen molar-refractivity contribution in [3.63, 3.8) is 0 Å². The highest BCUT2D eigenvalue weighted by molar-refractivity contribution is 5.11. The maximum atomic E-state index is 3.52. The Kier molecular flexibility index (Phi) is 1.81. The summed E-state index contributed by atoms with van der Waals surface area (Å²) in [4.78, 5) is 0. The first kappa shape index (κ1) is 9.52. The van der Waals surface area contributed by atoms with Gasteiger partial charge in [-0.3, -0.25) is 0 Å². The van der Waals surface area contributed by atoms with E-state index in [1.165, 1.54) is 38.5 Å². The standard InChI is InChI=1S/C14H22N2/c1-10-2-3-15-16(10)14-7-11-4-12(8-14)6-13(5-11)9-14/h2-3,10-13,15H,4-9H2,1H3. The molecule has 0 amide bonds. The van der Waals surface area contributed by atoms with E-state index in [4.69, 9.17) is 0 Å². The molecule has 0 aromatic rings. The van der Waals surface area contributed by atoms with Gasteiger partial charge in [0.15, 0.2) is 0 Å². The molecule has 1 atom stereocenters. The van der Waals surface area contributed by atoms with Gasteiger partial charge < -0.3 is 5.43 Å². The Morgan fingerprint density at radius 2 is 1.62 bits per heavy atom. The van der Waals surface area contributed by atoms with Crippen LogP contribution in [0, 0.1) is 17.8 Å². The van der Waals surface area contributed by atoms with Crippen molar-refractivity contribution in [2.45, 2.75) is 57.0 Å². The third kappa shape index (κ3) is 1.17. The van der Waals surface area contributed by atoms with Gasteiger partial charge in [-0.05, 0) is 69.3 Å². The zero-order chi connectivity index (χ0) is 10.8. The molecule has 4 aliphatic carbocycles. The van der Waals surface area contributed by atoms with Crippen LogP contribution in [0.25, 0.3) is 0 Å². The summed E-state index contributed by atoms with van der Waals surface area (Å²) in [6.07, 6.45) is 13.4. The predicted octanol–water partition coefficient (Wildman–Crippen LogP) is 2.68. The molecule has 16 heavy (non-hydrogen) atoms. The van der Waals surface area contributed by atoms with E-state index in [2.05, 4.69) is 29.6 Å². The van der Waals surface area contributed by atoms with E-state index in [9.17, 15) is 0 Å². The van der Waals surface area contributed by atoms with Crippen molar-refractivity contribution in [3.05, 3.63) is 12.3 Å². The van der Waals surface area contributed by atoms with Gasteiger partial charge in [0.05, 0.1) is 0 Å². The number of hydrogen-bond donors (Lipinski definition) is 1. The minimum absolute atomic E-state index is 0.512. The van der Waals surface area contributed by atoms with Crippen LogP contribution in [0.5, 0.6) is 0 Å². The van der Waals surface area contributed by atoms with Crippen LogP contribution in [0.2, 0.25) is 0 Å². The fourth-order valence-electron chi connectivity index (χ4n) is 5.40. The zero-order valence-electron chi connectivity index (χ0n) is 10.2. The highest BCUT2D eigenvalue weighted by atomic mass is 15.6. The molecule has 0 radical (unpaired) electrons. The molecule has 1 N–H and O–H groups in total. The lowest BCUT2D eigenvalue weighted by Gasteiger charge is -2.60. The van der Waals surface area contributed by atoms with E-state index in [0.29, 0.717) is 11.6 Å². The van der Waals surface area contributed by atoms with Gasteiger partial charge in [0.25, 0.3) is 0 Å². The second-order valence-electron chi connectivity index (χ2n) is 6.74. The third-order valence-corrected chi connectivity index (χ3v) is 5.51. The molecule has 4 saturated carbocycles. The SMILES string of the molecule is CC1C=CNN1C12CC3CC(CC(C3)C1)C2. The molecule has 1 aliphatic heterocycles. The van der Waals surface area contributed by atoms with E-state index in [1.54, 1.807) is 0 Å². The molecule has 0 saturated heterocycles. The van der Waals surface area contributed by atoms with E-state index >= 15 is 0 Å². The first-order chi connectivity index (χ1) is 7.75. The molecule has 5 rings (SSSR count). The normalized spacial score (nSPS) is 54.6. The molecule has 4 fully saturated rings. The third-order valence-electron chi connectivity index (χ3n) is 5.51. The Balaban J connectivity index is 1.66. The van der Waals surface area contributed by atoms with Crippen LogP contribution in [0.15, 0.2) is 12.3 Å². The summed E-state index contributed by atoms with van der Waals surface area (Å²) in [7, 11) is 0. The van der Waals surface area contributed by atoms with Gasteiger partial charge in [-0.25, -0.2) is 5.01 Å². The molecule has 5 aliphatic rings. The van der Waals surface area contributed by atoms with E-state index in [1.807, 2.05) is 0 Å². The summed E-state index contributed by atoms with van der Waals surface area (Å²) in [6, 6.07) is 0.594. The second kappa shape index (κ2) is 3.04. The van der Waals surface area contributed by atoms with Crippen LogP contribution in [-0.2, 0) is 0 Å². The van der Waals surface area contributed by atoms with Gasteiger partial charge in [-0.15, -0.1) is 0 Å². The number of nitrogens with one attached hydrogen (secondary N) is 1. The average Bonchev–Trinajstić information content (AvgIpc) is 2.62.